The molecule has 0 saturated carbocycles. The van der Waals surface area contributed by atoms with Gasteiger partial charge < -0.3 is 4.42 Å². The van der Waals surface area contributed by atoms with Gasteiger partial charge in [-0.15, -0.1) is 0 Å². The van der Waals surface area contributed by atoms with E-state index in [0.717, 1.165) is 5.56 Å². The van der Waals surface area contributed by atoms with Crippen LogP contribution in [0.2, 0.25) is 0 Å². The van der Waals surface area contributed by atoms with Crippen molar-refractivity contribution in [1.29, 1.82) is 5.26 Å². The van der Waals surface area contributed by atoms with Gasteiger partial charge in [-0.3, -0.25) is 4.90 Å². The van der Waals surface area contributed by atoms with Crippen LogP contribution in [-0.2, 0) is 13.1 Å². The normalized spacial score (nSPS) is 10.6. The Balaban J connectivity index is 2.08. The van der Waals surface area contributed by atoms with E-state index in [1.54, 1.807) is 24.7 Å². The number of hydrogen-bond donors (Lipinski definition) is 0. The molecule has 0 aliphatic carbocycles. The summed E-state index contributed by atoms with van der Waals surface area (Å²) in [5.74, 6) is -0.431. The highest BCUT2D eigenvalue weighted by atomic mass is 19.1. The summed E-state index contributed by atoms with van der Waals surface area (Å²) in [6, 6.07) is 8.59. The molecule has 2 aromatic rings. The zero-order valence-corrected chi connectivity index (χ0v) is 10.1. The smallest absolute Gasteiger partial charge is 0.145 e. The second-order valence-corrected chi connectivity index (χ2v) is 4.19. The Morgan fingerprint density at radius 2 is 2.17 bits per heavy atom. The van der Waals surface area contributed by atoms with E-state index in [1.807, 2.05) is 24.1 Å². The van der Waals surface area contributed by atoms with E-state index in [1.165, 1.54) is 6.07 Å². The highest BCUT2D eigenvalue weighted by Crippen LogP contribution is 2.15. The average Bonchev–Trinajstić information content (AvgIpc) is 2.84. The van der Waals surface area contributed by atoms with E-state index in [9.17, 15) is 4.39 Å². The highest BCUT2D eigenvalue weighted by Gasteiger charge is 2.10. The monoisotopic (exact) mass is 244 g/mol. The van der Waals surface area contributed by atoms with Gasteiger partial charge in [0.2, 0.25) is 0 Å². The third-order valence-electron chi connectivity index (χ3n) is 2.67. The first-order chi connectivity index (χ1) is 8.70. The van der Waals surface area contributed by atoms with Crippen molar-refractivity contribution in [3.63, 3.8) is 0 Å². The molecule has 0 radical (unpaired) electrons. The molecule has 0 N–H and O–H groups in total. The molecule has 92 valence electrons. The topological polar surface area (TPSA) is 40.2 Å². The lowest BCUT2D eigenvalue weighted by molar-refractivity contribution is 0.312. The van der Waals surface area contributed by atoms with E-state index in [2.05, 4.69) is 0 Å². The molecule has 0 aliphatic rings. The molecule has 18 heavy (non-hydrogen) atoms. The molecule has 0 amide bonds. The van der Waals surface area contributed by atoms with Gasteiger partial charge in [0.15, 0.2) is 0 Å². The molecule has 0 atom stereocenters. The minimum absolute atomic E-state index is 0.0872. The van der Waals surface area contributed by atoms with E-state index in [4.69, 9.17) is 9.68 Å². The minimum Gasteiger partial charge on any atom is -0.472 e. The predicted molar refractivity (Wildman–Crippen MR) is 65.0 cm³/mol. The van der Waals surface area contributed by atoms with Gasteiger partial charge in [0, 0.05) is 24.2 Å². The Kier molecular flexibility index (Phi) is 3.75. The highest BCUT2D eigenvalue weighted by molar-refractivity contribution is 5.34. The van der Waals surface area contributed by atoms with Crippen molar-refractivity contribution in [3.8, 4) is 6.07 Å². The van der Waals surface area contributed by atoms with Gasteiger partial charge in [-0.25, -0.2) is 4.39 Å². The molecule has 4 heteroatoms. The molecule has 1 aromatic heterocycles. The van der Waals surface area contributed by atoms with Crippen LogP contribution < -0.4 is 0 Å². The fraction of sp³-hybridized carbons (Fsp3) is 0.214. The van der Waals surface area contributed by atoms with Crippen molar-refractivity contribution >= 4 is 0 Å². The second-order valence-electron chi connectivity index (χ2n) is 4.19. The summed E-state index contributed by atoms with van der Waals surface area (Å²) in [6.45, 7) is 1.12. The predicted octanol–water partition coefficient (Wildman–Crippen LogP) is 2.92. The van der Waals surface area contributed by atoms with Crippen molar-refractivity contribution in [2.24, 2.45) is 0 Å². The van der Waals surface area contributed by atoms with Crippen molar-refractivity contribution < 1.29 is 8.81 Å². The summed E-state index contributed by atoms with van der Waals surface area (Å²) >= 11 is 0. The Hall–Kier alpha value is -2.12. The van der Waals surface area contributed by atoms with Crippen LogP contribution in [0.5, 0.6) is 0 Å². The van der Waals surface area contributed by atoms with E-state index >= 15 is 0 Å². The lowest BCUT2D eigenvalue weighted by Gasteiger charge is -2.16. The van der Waals surface area contributed by atoms with Gasteiger partial charge in [-0.05, 0) is 19.2 Å². The van der Waals surface area contributed by atoms with E-state index < -0.39 is 5.82 Å². The first kappa shape index (κ1) is 12.3. The number of nitriles is 1. The van der Waals surface area contributed by atoms with Crippen LogP contribution >= 0.6 is 0 Å². The number of furan rings is 1. The third kappa shape index (κ3) is 2.76. The molecule has 1 heterocycles. The third-order valence-corrected chi connectivity index (χ3v) is 2.67. The zero-order chi connectivity index (χ0) is 13.0. The zero-order valence-electron chi connectivity index (χ0n) is 10.1. The number of hydrogen-bond acceptors (Lipinski definition) is 3. The molecular formula is C14H13FN2O. The van der Waals surface area contributed by atoms with Crippen LogP contribution in [0, 0.1) is 17.1 Å². The van der Waals surface area contributed by atoms with Crippen molar-refractivity contribution in [1.82, 2.24) is 4.90 Å². The fourth-order valence-corrected chi connectivity index (χ4v) is 1.83. The Bertz CT molecular complexity index is 558. The number of benzene rings is 1. The Labute approximate surface area is 105 Å². The van der Waals surface area contributed by atoms with E-state index in [-0.39, 0.29) is 5.56 Å². The van der Waals surface area contributed by atoms with Crippen LogP contribution in [0.4, 0.5) is 4.39 Å². The lowest BCUT2D eigenvalue weighted by Crippen LogP contribution is -2.17. The van der Waals surface area contributed by atoms with Gasteiger partial charge in [0.05, 0.1) is 18.1 Å². The molecule has 1 aromatic carbocycles. The summed E-state index contributed by atoms with van der Waals surface area (Å²) in [5, 5.41) is 8.77. The first-order valence-electron chi connectivity index (χ1n) is 5.58. The quantitative estimate of drug-likeness (QED) is 0.830. The molecule has 0 bridgehead atoms. The average molecular weight is 244 g/mol. The van der Waals surface area contributed by atoms with Crippen molar-refractivity contribution in [3.05, 3.63) is 59.3 Å². The largest absolute Gasteiger partial charge is 0.472 e. The molecule has 0 unspecified atom stereocenters. The number of halogens is 1. The van der Waals surface area contributed by atoms with Crippen LogP contribution in [0.3, 0.4) is 0 Å². The molecular weight excluding hydrogens is 231 g/mol. The van der Waals surface area contributed by atoms with Crippen LogP contribution in [0.1, 0.15) is 16.7 Å². The SMILES string of the molecule is CN(Cc1ccoc1)Cc1cccc(C#N)c1F. The fourth-order valence-electron chi connectivity index (χ4n) is 1.83. The van der Waals surface area contributed by atoms with Gasteiger partial charge in [-0.2, -0.15) is 5.26 Å². The maximum atomic E-state index is 13.8. The minimum atomic E-state index is -0.431. The molecule has 0 fully saturated rings. The second kappa shape index (κ2) is 5.48. The summed E-state index contributed by atoms with van der Waals surface area (Å²) in [7, 11) is 1.89. The molecule has 0 saturated heterocycles. The van der Waals surface area contributed by atoms with E-state index in [0.29, 0.717) is 18.7 Å². The maximum absolute atomic E-state index is 13.8. The molecule has 3 nitrogen and oxygen atoms in total. The first-order valence-corrected chi connectivity index (χ1v) is 5.58. The van der Waals surface area contributed by atoms with Crippen LogP contribution in [-0.4, -0.2) is 11.9 Å². The van der Waals surface area contributed by atoms with Gasteiger partial charge in [-0.1, -0.05) is 12.1 Å². The Morgan fingerprint density at radius 1 is 1.33 bits per heavy atom. The summed E-state index contributed by atoms with van der Waals surface area (Å²) in [6.07, 6.45) is 3.28. The van der Waals surface area contributed by atoms with Gasteiger partial charge in [0.1, 0.15) is 11.9 Å². The van der Waals surface area contributed by atoms with Crippen molar-refractivity contribution in [2.75, 3.05) is 7.05 Å². The van der Waals surface area contributed by atoms with Gasteiger partial charge >= 0.3 is 0 Å². The lowest BCUT2D eigenvalue weighted by atomic mass is 10.1. The summed E-state index contributed by atoms with van der Waals surface area (Å²) < 4.78 is 18.8. The Morgan fingerprint density at radius 3 is 2.83 bits per heavy atom. The summed E-state index contributed by atoms with van der Waals surface area (Å²) in [4.78, 5) is 1.96. The number of nitrogens with zero attached hydrogens (tertiary/aromatic N) is 2. The van der Waals surface area contributed by atoms with Crippen molar-refractivity contribution in [2.45, 2.75) is 13.1 Å². The van der Waals surface area contributed by atoms with Gasteiger partial charge in [0.25, 0.3) is 0 Å². The maximum Gasteiger partial charge on any atom is 0.145 e. The molecule has 0 spiro atoms. The number of rotatable bonds is 4. The molecule has 2 rings (SSSR count). The van der Waals surface area contributed by atoms with Crippen LogP contribution in [0.15, 0.2) is 41.2 Å². The van der Waals surface area contributed by atoms with Crippen LogP contribution in [0.25, 0.3) is 0 Å². The standard InChI is InChI=1S/C14H13FN2O/c1-17(8-11-5-6-18-10-11)9-13-4-2-3-12(7-16)14(13)15/h2-6,10H,8-9H2,1H3. The molecule has 0 aliphatic heterocycles. The summed E-state index contributed by atoms with van der Waals surface area (Å²) in [5.41, 5.74) is 1.65.